The molecule has 4 nitrogen and oxygen atoms in total. The molecule has 0 saturated heterocycles. The zero-order valence-electron chi connectivity index (χ0n) is 16.8. The van der Waals surface area contributed by atoms with Gasteiger partial charge in [-0.2, -0.15) is 0 Å². The SMILES string of the molecule is Cc1cc(C)cc(OCc2nc(CN(C(=O)c3ccccc3)C(C)C)cs2)c1. The van der Waals surface area contributed by atoms with Crippen LogP contribution in [0.5, 0.6) is 5.75 Å². The quantitative estimate of drug-likeness (QED) is 0.539. The smallest absolute Gasteiger partial charge is 0.254 e. The molecule has 28 heavy (non-hydrogen) atoms. The monoisotopic (exact) mass is 394 g/mol. The van der Waals surface area contributed by atoms with E-state index in [1.54, 1.807) is 11.3 Å². The maximum absolute atomic E-state index is 12.8. The molecule has 146 valence electrons. The van der Waals surface area contributed by atoms with Crippen molar-refractivity contribution in [2.24, 2.45) is 0 Å². The third-order valence-electron chi connectivity index (χ3n) is 4.39. The first-order valence-corrected chi connectivity index (χ1v) is 10.3. The number of hydrogen-bond acceptors (Lipinski definition) is 4. The number of hydrogen-bond donors (Lipinski definition) is 0. The van der Waals surface area contributed by atoms with Gasteiger partial charge in [0.25, 0.3) is 5.91 Å². The van der Waals surface area contributed by atoms with E-state index in [4.69, 9.17) is 4.74 Å². The molecule has 0 aliphatic carbocycles. The average molecular weight is 395 g/mol. The van der Waals surface area contributed by atoms with E-state index in [0.717, 1.165) is 16.5 Å². The fourth-order valence-corrected chi connectivity index (χ4v) is 3.76. The van der Waals surface area contributed by atoms with E-state index in [0.29, 0.717) is 18.7 Å². The van der Waals surface area contributed by atoms with Crippen molar-refractivity contribution in [1.29, 1.82) is 0 Å². The van der Waals surface area contributed by atoms with Gasteiger partial charge in [0.15, 0.2) is 0 Å². The molecule has 2 aromatic carbocycles. The Kier molecular flexibility index (Phi) is 6.47. The molecule has 1 heterocycles. The lowest BCUT2D eigenvalue weighted by Crippen LogP contribution is -2.36. The Bertz CT molecular complexity index is 915. The van der Waals surface area contributed by atoms with Crippen LogP contribution in [0.1, 0.15) is 46.0 Å². The minimum atomic E-state index is 0.0247. The molecule has 0 unspecified atom stereocenters. The van der Waals surface area contributed by atoms with Crippen LogP contribution in [0.15, 0.2) is 53.9 Å². The zero-order valence-corrected chi connectivity index (χ0v) is 17.6. The summed E-state index contributed by atoms with van der Waals surface area (Å²) in [5.41, 5.74) is 3.95. The number of carbonyl (C=O) groups is 1. The van der Waals surface area contributed by atoms with Gasteiger partial charge in [-0.05, 0) is 63.1 Å². The van der Waals surface area contributed by atoms with Crippen molar-refractivity contribution in [3.63, 3.8) is 0 Å². The third-order valence-corrected chi connectivity index (χ3v) is 5.27. The molecular weight excluding hydrogens is 368 g/mol. The van der Waals surface area contributed by atoms with Crippen LogP contribution >= 0.6 is 11.3 Å². The molecule has 0 aliphatic rings. The van der Waals surface area contributed by atoms with E-state index < -0.39 is 0 Å². The van der Waals surface area contributed by atoms with Crippen LogP contribution in [-0.4, -0.2) is 21.8 Å². The molecule has 0 bridgehead atoms. The standard InChI is InChI=1S/C23H26N2O2S/c1-16(2)25(23(26)19-8-6-5-7-9-19)13-20-15-28-22(24-20)14-27-21-11-17(3)10-18(4)12-21/h5-12,15-16H,13-14H2,1-4H3. The van der Waals surface area contributed by atoms with Gasteiger partial charge in [-0.15, -0.1) is 11.3 Å². The fourth-order valence-electron chi connectivity index (χ4n) is 3.06. The molecule has 0 spiro atoms. The second-order valence-electron chi connectivity index (χ2n) is 7.24. The van der Waals surface area contributed by atoms with Crippen molar-refractivity contribution in [3.8, 4) is 5.75 Å². The van der Waals surface area contributed by atoms with Crippen LogP contribution < -0.4 is 4.74 Å². The van der Waals surface area contributed by atoms with Gasteiger partial charge in [0, 0.05) is 17.0 Å². The minimum absolute atomic E-state index is 0.0247. The van der Waals surface area contributed by atoms with Gasteiger partial charge in [0.1, 0.15) is 17.4 Å². The van der Waals surface area contributed by atoms with Gasteiger partial charge in [-0.1, -0.05) is 24.3 Å². The van der Waals surface area contributed by atoms with E-state index >= 15 is 0 Å². The van der Waals surface area contributed by atoms with Crippen molar-refractivity contribution in [1.82, 2.24) is 9.88 Å². The molecule has 0 fully saturated rings. The molecule has 0 saturated carbocycles. The lowest BCUT2D eigenvalue weighted by molar-refractivity contribution is 0.0688. The van der Waals surface area contributed by atoms with Crippen LogP contribution in [0.4, 0.5) is 0 Å². The number of rotatable bonds is 7. The van der Waals surface area contributed by atoms with Gasteiger partial charge in [0.05, 0.1) is 12.2 Å². The first kappa shape index (κ1) is 20.1. The van der Waals surface area contributed by atoms with Crippen molar-refractivity contribution in [2.75, 3.05) is 0 Å². The Morgan fingerprint density at radius 3 is 2.43 bits per heavy atom. The molecule has 3 rings (SSSR count). The average Bonchev–Trinajstić information content (AvgIpc) is 3.11. The largest absolute Gasteiger partial charge is 0.486 e. The lowest BCUT2D eigenvalue weighted by Gasteiger charge is -2.26. The Balaban J connectivity index is 1.65. The highest BCUT2D eigenvalue weighted by molar-refractivity contribution is 7.09. The number of benzene rings is 2. The number of aryl methyl sites for hydroxylation is 2. The van der Waals surface area contributed by atoms with Crippen LogP contribution in [-0.2, 0) is 13.2 Å². The van der Waals surface area contributed by atoms with Gasteiger partial charge >= 0.3 is 0 Å². The number of nitrogens with zero attached hydrogens (tertiary/aromatic N) is 2. The number of ether oxygens (including phenoxy) is 1. The van der Waals surface area contributed by atoms with E-state index in [9.17, 15) is 4.79 Å². The molecule has 1 aromatic heterocycles. The first-order chi connectivity index (χ1) is 13.4. The van der Waals surface area contributed by atoms with Gasteiger partial charge in [-0.3, -0.25) is 4.79 Å². The summed E-state index contributed by atoms with van der Waals surface area (Å²) in [7, 11) is 0. The number of thiazole rings is 1. The van der Waals surface area contributed by atoms with Crippen molar-refractivity contribution in [3.05, 3.63) is 81.3 Å². The van der Waals surface area contributed by atoms with Crippen molar-refractivity contribution in [2.45, 2.75) is 46.9 Å². The van der Waals surface area contributed by atoms with E-state index in [2.05, 4.69) is 24.9 Å². The van der Waals surface area contributed by atoms with Gasteiger partial charge in [-0.25, -0.2) is 4.98 Å². The molecular formula is C23H26N2O2S. The summed E-state index contributed by atoms with van der Waals surface area (Å²) in [6.45, 7) is 9.10. The number of carbonyl (C=O) groups excluding carboxylic acids is 1. The summed E-state index contributed by atoms with van der Waals surface area (Å²) >= 11 is 1.56. The Labute approximate surface area is 170 Å². The predicted octanol–water partition coefficient (Wildman–Crippen LogP) is 5.39. The summed E-state index contributed by atoms with van der Waals surface area (Å²) in [5.74, 6) is 0.883. The molecule has 1 amide bonds. The molecule has 0 aliphatic heterocycles. The third kappa shape index (κ3) is 5.20. The highest BCUT2D eigenvalue weighted by Gasteiger charge is 2.20. The number of amides is 1. The molecule has 0 N–H and O–H groups in total. The summed E-state index contributed by atoms with van der Waals surface area (Å²) in [4.78, 5) is 19.4. The minimum Gasteiger partial charge on any atom is -0.486 e. The maximum atomic E-state index is 12.8. The zero-order chi connectivity index (χ0) is 20.1. The van der Waals surface area contributed by atoms with E-state index in [1.807, 2.05) is 66.6 Å². The molecule has 5 heteroatoms. The Morgan fingerprint density at radius 1 is 1.11 bits per heavy atom. The summed E-state index contributed by atoms with van der Waals surface area (Å²) in [6, 6.07) is 15.7. The second-order valence-corrected chi connectivity index (χ2v) is 8.18. The summed E-state index contributed by atoms with van der Waals surface area (Å²) in [5, 5.41) is 2.92. The highest BCUT2D eigenvalue weighted by Crippen LogP contribution is 2.20. The van der Waals surface area contributed by atoms with Crippen LogP contribution in [0, 0.1) is 13.8 Å². The fraction of sp³-hybridized carbons (Fsp3) is 0.304. The lowest BCUT2D eigenvalue weighted by atomic mass is 10.1. The van der Waals surface area contributed by atoms with Crippen LogP contribution in [0.25, 0.3) is 0 Å². The van der Waals surface area contributed by atoms with Gasteiger partial charge in [0.2, 0.25) is 0 Å². The topological polar surface area (TPSA) is 42.4 Å². The van der Waals surface area contributed by atoms with Crippen molar-refractivity contribution < 1.29 is 9.53 Å². The maximum Gasteiger partial charge on any atom is 0.254 e. The first-order valence-electron chi connectivity index (χ1n) is 9.43. The van der Waals surface area contributed by atoms with Gasteiger partial charge < -0.3 is 9.64 Å². The second kappa shape index (κ2) is 9.02. The highest BCUT2D eigenvalue weighted by atomic mass is 32.1. The Morgan fingerprint density at radius 2 is 1.79 bits per heavy atom. The molecule has 3 aromatic rings. The molecule has 0 atom stereocenters. The van der Waals surface area contributed by atoms with Crippen LogP contribution in [0.2, 0.25) is 0 Å². The Hall–Kier alpha value is -2.66. The summed E-state index contributed by atoms with van der Waals surface area (Å²) < 4.78 is 5.90. The van der Waals surface area contributed by atoms with Crippen LogP contribution in [0.3, 0.4) is 0 Å². The molecule has 0 radical (unpaired) electrons. The van der Waals surface area contributed by atoms with E-state index in [1.165, 1.54) is 11.1 Å². The number of aromatic nitrogens is 1. The summed E-state index contributed by atoms with van der Waals surface area (Å²) in [6.07, 6.45) is 0. The van der Waals surface area contributed by atoms with E-state index in [-0.39, 0.29) is 11.9 Å². The normalized spacial score (nSPS) is 10.9. The predicted molar refractivity (Wildman–Crippen MR) is 114 cm³/mol. The van der Waals surface area contributed by atoms with Crippen molar-refractivity contribution >= 4 is 17.2 Å².